The largest absolute Gasteiger partial charge is 0.490 e. The topological polar surface area (TPSA) is 47.1 Å². The third kappa shape index (κ3) is 3.23. The Morgan fingerprint density at radius 3 is 2.95 bits per heavy atom. The summed E-state index contributed by atoms with van der Waals surface area (Å²) in [6, 6.07) is 9.87. The highest BCUT2D eigenvalue weighted by atomic mass is 32.1. The second-order valence-corrected chi connectivity index (χ2v) is 5.28. The van der Waals surface area contributed by atoms with Crippen molar-refractivity contribution in [1.29, 1.82) is 0 Å². The summed E-state index contributed by atoms with van der Waals surface area (Å²) in [5.41, 5.74) is 1.97. The minimum Gasteiger partial charge on any atom is -0.490 e. The van der Waals surface area contributed by atoms with E-state index in [4.69, 9.17) is 21.7 Å². The van der Waals surface area contributed by atoms with Gasteiger partial charge in [-0.3, -0.25) is 0 Å². The van der Waals surface area contributed by atoms with Gasteiger partial charge in [-0.05, 0) is 31.0 Å². The molecule has 5 heteroatoms. The Hall–Kier alpha value is -1.72. The monoisotopic (exact) mass is 288 g/mol. The van der Waals surface area contributed by atoms with Gasteiger partial charge >= 0.3 is 0 Å². The summed E-state index contributed by atoms with van der Waals surface area (Å²) >= 11 is 5.20. The first kappa shape index (κ1) is 13.3. The molecule has 0 amide bonds. The van der Waals surface area contributed by atoms with Crippen LogP contribution in [0.3, 0.4) is 0 Å². The molecule has 0 atom stereocenters. The van der Waals surface area contributed by atoms with Crippen molar-refractivity contribution in [2.75, 3.05) is 7.11 Å². The molecule has 3 rings (SSSR count). The Balaban J connectivity index is 1.92. The van der Waals surface area contributed by atoms with E-state index in [1.165, 1.54) is 0 Å². The molecule has 1 heterocycles. The first-order valence-corrected chi connectivity index (χ1v) is 7.02. The quantitative estimate of drug-likeness (QED) is 0.855. The van der Waals surface area contributed by atoms with Crippen LogP contribution in [-0.2, 0) is 11.3 Å². The summed E-state index contributed by atoms with van der Waals surface area (Å²) in [5, 5.41) is 0. The molecule has 0 spiro atoms. The van der Waals surface area contributed by atoms with Crippen LogP contribution in [0.25, 0.3) is 11.3 Å². The lowest BCUT2D eigenvalue weighted by Gasteiger charge is -2.08. The number of nitrogens with zero attached hydrogens (tertiary/aromatic N) is 1. The fourth-order valence-corrected chi connectivity index (χ4v) is 2.21. The molecular weight excluding hydrogens is 272 g/mol. The number of aromatic amines is 1. The first-order valence-electron chi connectivity index (χ1n) is 6.61. The molecule has 1 aromatic carbocycles. The zero-order valence-corrected chi connectivity index (χ0v) is 12.1. The van der Waals surface area contributed by atoms with Gasteiger partial charge in [-0.25, -0.2) is 4.98 Å². The Labute approximate surface area is 122 Å². The van der Waals surface area contributed by atoms with Crippen LogP contribution in [0.5, 0.6) is 5.75 Å². The van der Waals surface area contributed by atoms with Crippen molar-refractivity contribution >= 4 is 12.2 Å². The van der Waals surface area contributed by atoms with E-state index in [0.717, 1.165) is 35.7 Å². The number of hydrogen-bond donors (Lipinski definition) is 1. The highest BCUT2D eigenvalue weighted by Gasteiger charge is 2.23. The number of rotatable bonds is 5. The molecule has 1 N–H and O–H groups in total. The van der Waals surface area contributed by atoms with Crippen molar-refractivity contribution in [2.45, 2.75) is 25.6 Å². The van der Waals surface area contributed by atoms with E-state index in [2.05, 4.69) is 9.97 Å². The molecule has 0 aliphatic heterocycles. The van der Waals surface area contributed by atoms with E-state index in [-0.39, 0.29) is 0 Å². The summed E-state index contributed by atoms with van der Waals surface area (Å²) < 4.78 is 11.5. The van der Waals surface area contributed by atoms with E-state index in [9.17, 15) is 0 Å². The van der Waals surface area contributed by atoms with Crippen LogP contribution in [0.1, 0.15) is 18.7 Å². The van der Waals surface area contributed by atoms with Gasteiger partial charge < -0.3 is 14.5 Å². The summed E-state index contributed by atoms with van der Waals surface area (Å²) in [5.74, 6) is 1.62. The molecule has 2 aromatic rings. The molecule has 1 fully saturated rings. The summed E-state index contributed by atoms with van der Waals surface area (Å²) in [6.07, 6.45) is 2.70. The highest BCUT2D eigenvalue weighted by Crippen LogP contribution is 2.29. The number of benzene rings is 1. The second-order valence-electron chi connectivity index (χ2n) is 4.86. The molecular formula is C15H16N2O2S. The maximum absolute atomic E-state index is 5.82. The van der Waals surface area contributed by atoms with Crippen molar-refractivity contribution in [3.8, 4) is 17.0 Å². The Morgan fingerprint density at radius 1 is 1.35 bits per heavy atom. The summed E-state index contributed by atoms with van der Waals surface area (Å²) in [4.78, 5) is 7.47. The summed E-state index contributed by atoms with van der Waals surface area (Å²) in [6.45, 7) is 0.412. The van der Waals surface area contributed by atoms with E-state index in [1.54, 1.807) is 7.11 Å². The van der Waals surface area contributed by atoms with E-state index >= 15 is 0 Å². The van der Waals surface area contributed by atoms with Crippen molar-refractivity contribution in [3.05, 3.63) is 40.8 Å². The van der Waals surface area contributed by atoms with Crippen LogP contribution in [0.4, 0.5) is 0 Å². The molecule has 0 bridgehead atoms. The van der Waals surface area contributed by atoms with Gasteiger partial charge in [0.25, 0.3) is 0 Å². The van der Waals surface area contributed by atoms with Gasteiger partial charge in [0.2, 0.25) is 0 Å². The SMILES string of the molecule is COCc1nc(=S)cc(-c2cccc(OC3CC3)c2)[nH]1. The minimum absolute atomic E-state index is 0.394. The smallest absolute Gasteiger partial charge is 0.134 e. The fraction of sp³-hybridized carbons (Fsp3) is 0.333. The predicted molar refractivity (Wildman–Crippen MR) is 79.2 cm³/mol. The molecule has 1 aliphatic rings. The number of ether oxygens (including phenoxy) is 2. The first-order chi connectivity index (χ1) is 9.74. The van der Waals surface area contributed by atoms with Crippen LogP contribution >= 0.6 is 12.2 Å². The lowest BCUT2D eigenvalue weighted by Crippen LogP contribution is -1.99. The molecule has 4 nitrogen and oxygen atoms in total. The molecule has 0 radical (unpaired) electrons. The zero-order valence-electron chi connectivity index (χ0n) is 11.3. The maximum Gasteiger partial charge on any atom is 0.134 e. The van der Waals surface area contributed by atoms with Gasteiger partial charge in [0.05, 0.1) is 6.10 Å². The predicted octanol–water partition coefficient (Wildman–Crippen LogP) is 3.49. The molecule has 104 valence electrons. The Bertz CT molecular complexity index is 665. The molecule has 20 heavy (non-hydrogen) atoms. The van der Waals surface area contributed by atoms with Gasteiger partial charge in [-0.2, -0.15) is 0 Å². The normalized spacial score (nSPS) is 14.2. The number of methoxy groups -OCH3 is 1. The fourth-order valence-electron chi connectivity index (χ4n) is 1.98. The van der Waals surface area contributed by atoms with E-state index < -0.39 is 0 Å². The third-order valence-electron chi connectivity index (χ3n) is 3.05. The average Bonchev–Trinajstić information content (AvgIpc) is 3.23. The van der Waals surface area contributed by atoms with E-state index in [1.807, 2.05) is 30.3 Å². The second kappa shape index (κ2) is 5.73. The molecule has 0 unspecified atom stereocenters. The van der Waals surface area contributed by atoms with Crippen LogP contribution in [-0.4, -0.2) is 23.2 Å². The number of H-pyrrole nitrogens is 1. The van der Waals surface area contributed by atoms with Crippen LogP contribution in [0.15, 0.2) is 30.3 Å². The standard InChI is InChI=1S/C15H16N2O2S/c1-18-9-14-16-13(8-15(20)17-14)10-3-2-4-12(7-10)19-11-5-6-11/h2-4,7-8,11H,5-6,9H2,1H3,(H,16,17,20). The maximum atomic E-state index is 5.82. The van der Waals surface area contributed by atoms with Gasteiger partial charge in [0.1, 0.15) is 22.8 Å². The number of hydrogen-bond acceptors (Lipinski definition) is 4. The van der Waals surface area contributed by atoms with Crippen molar-refractivity contribution in [2.24, 2.45) is 0 Å². The van der Waals surface area contributed by atoms with Crippen LogP contribution in [0.2, 0.25) is 0 Å². The third-order valence-corrected chi connectivity index (χ3v) is 3.25. The van der Waals surface area contributed by atoms with Gasteiger partial charge in [0, 0.05) is 18.4 Å². The van der Waals surface area contributed by atoms with Crippen molar-refractivity contribution in [1.82, 2.24) is 9.97 Å². The highest BCUT2D eigenvalue weighted by molar-refractivity contribution is 7.71. The molecule has 1 aromatic heterocycles. The zero-order chi connectivity index (χ0) is 13.9. The lowest BCUT2D eigenvalue weighted by atomic mass is 10.1. The van der Waals surface area contributed by atoms with E-state index in [0.29, 0.717) is 17.4 Å². The minimum atomic E-state index is 0.394. The summed E-state index contributed by atoms with van der Waals surface area (Å²) in [7, 11) is 1.63. The van der Waals surface area contributed by atoms with Gasteiger partial charge in [0.15, 0.2) is 0 Å². The average molecular weight is 288 g/mol. The Morgan fingerprint density at radius 2 is 2.20 bits per heavy atom. The molecule has 1 saturated carbocycles. The Kier molecular flexibility index (Phi) is 3.80. The van der Waals surface area contributed by atoms with Crippen LogP contribution in [0, 0.1) is 4.64 Å². The van der Waals surface area contributed by atoms with Crippen molar-refractivity contribution in [3.63, 3.8) is 0 Å². The van der Waals surface area contributed by atoms with Gasteiger partial charge in [-0.15, -0.1) is 0 Å². The van der Waals surface area contributed by atoms with Crippen LogP contribution < -0.4 is 4.74 Å². The molecule has 1 aliphatic carbocycles. The van der Waals surface area contributed by atoms with Crippen molar-refractivity contribution < 1.29 is 9.47 Å². The number of aromatic nitrogens is 2. The number of nitrogens with one attached hydrogen (secondary N) is 1. The lowest BCUT2D eigenvalue weighted by molar-refractivity contribution is 0.177. The molecule has 0 saturated heterocycles. The van der Waals surface area contributed by atoms with Gasteiger partial charge in [-0.1, -0.05) is 24.4 Å².